The molecule has 0 bridgehead atoms. The highest BCUT2D eigenvalue weighted by molar-refractivity contribution is 6.29. The number of carbonyl (C=O) groups is 1. The minimum Gasteiger partial charge on any atom is -0.337 e. The molecule has 1 amide bonds. The summed E-state index contributed by atoms with van der Waals surface area (Å²) in [5, 5.41) is 0.267. The van der Waals surface area contributed by atoms with Gasteiger partial charge in [0.25, 0.3) is 5.91 Å². The molecule has 3 rings (SSSR count). The Hall–Kier alpha value is -1.20. The van der Waals surface area contributed by atoms with Crippen LogP contribution in [0.1, 0.15) is 29.8 Å². The van der Waals surface area contributed by atoms with Gasteiger partial charge >= 0.3 is 0 Å². The Bertz CT molecular complexity index is 510. The van der Waals surface area contributed by atoms with Crippen LogP contribution >= 0.6 is 11.6 Å². The average Bonchev–Trinajstić information content (AvgIpc) is 2.46. The SMILES string of the molecule is CN1CCCC2CN(C(=O)c3cncc(Cl)n3)CCC21. The van der Waals surface area contributed by atoms with Crippen LogP contribution in [0.2, 0.25) is 5.15 Å². The Morgan fingerprint density at radius 3 is 3.00 bits per heavy atom. The highest BCUT2D eigenvalue weighted by Gasteiger charge is 2.36. The smallest absolute Gasteiger partial charge is 0.274 e. The fourth-order valence-corrected chi connectivity index (χ4v) is 3.59. The number of likely N-dealkylation sites (tertiary alicyclic amines) is 2. The quantitative estimate of drug-likeness (QED) is 0.791. The second-order valence-corrected chi connectivity index (χ2v) is 6.10. The van der Waals surface area contributed by atoms with Crippen molar-refractivity contribution in [2.75, 3.05) is 26.7 Å². The third-order valence-corrected chi connectivity index (χ3v) is 4.64. The molecule has 2 saturated heterocycles. The second-order valence-electron chi connectivity index (χ2n) is 5.72. The highest BCUT2D eigenvalue weighted by atomic mass is 35.5. The van der Waals surface area contributed by atoms with Gasteiger partial charge in [-0.3, -0.25) is 9.78 Å². The zero-order chi connectivity index (χ0) is 14.1. The first-order valence-electron chi connectivity index (χ1n) is 7.12. The van der Waals surface area contributed by atoms with Crippen LogP contribution in [0.25, 0.3) is 0 Å². The Kier molecular flexibility index (Phi) is 3.89. The Labute approximate surface area is 123 Å². The topological polar surface area (TPSA) is 49.3 Å². The van der Waals surface area contributed by atoms with E-state index in [1.807, 2.05) is 4.90 Å². The molecular weight excluding hydrogens is 276 g/mol. The van der Waals surface area contributed by atoms with E-state index in [2.05, 4.69) is 21.9 Å². The van der Waals surface area contributed by atoms with Crippen LogP contribution in [0.4, 0.5) is 0 Å². The molecule has 20 heavy (non-hydrogen) atoms. The van der Waals surface area contributed by atoms with Crippen molar-refractivity contribution in [1.82, 2.24) is 19.8 Å². The van der Waals surface area contributed by atoms with Crippen molar-refractivity contribution >= 4 is 17.5 Å². The number of fused-ring (bicyclic) bond motifs is 1. The van der Waals surface area contributed by atoms with Crippen LogP contribution in [-0.2, 0) is 0 Å². The average molecular weight is 295 g/mol. The zero-order valence-corrected chi connectivity index (χ0v) is 12.4. The number of aromatic nitrogens is 2. The van der Waals surface area contributed by atoms with Crippen molar-refractivity contribution in [2.45, 2.75) is 25.3 Å². The molecular formula is C14H19ClN4O. The summed E-state index contributed by atoms with van der Waals surface area (Å²) in [6.45, 7) is 2.79. The summed E-state index contributed by atoms with van der Waals surface area (Å²) in [6, 6.07) is 0.623. The van der Waals surface area contributed by atoms with Gasteiger partial charge in [-0.25, -0.2) is 4.98 Å². The van der Waals surface area contributed by atoms with Crippen molar-refractivity contribution < 1.29 is 4.79 Å². The first kappa shape index (κ1) is 13.8. The molecule has 0 saturated carbocycles. The van der Waals surface area contributed by atoms with E-state index in [1.54, 1.807) is 0 Å². The third-order valence-electron chi connectivity index (χ3n) is 4.46. The van der Waals surface area contributed by atoms with Gasteiger partial charge in [0, 0.05) is 19.1 Å². The maximum absolute atomic E-state index is 12.5. The number of rotatable bonds is 1. The molecule has 5 nitrogen and oxygen atoms in total. The fourth-order valence-electron chi connectivity index (χ4n) is 3.44. The molecule has 0 aromatic carbocycles. The summed E-state index contributed by atoms with van der Waals surface area (Å²) in [5.41, 5.74) is 0.347. The number of piperidine rings is 2. The minimum atomic E-state index is -0.0494. The molecule has 0 N–H and O–H groups in total. The third kappa shape index (κ3) is 2.65. The summed E-state index contributed by atoms with van der Waals surface area (Å²) >= 11 is 5.81. The van der Waals surface area contributed by atoms with E-state index in [0.29, 0.717) is 17.7 Å². The van der Waals surface area contributed by atoms with E-state index in [4.69, 9.17) is 11.6 Å². The van der Waals surface area contributed by atoms with Gasteiger partial charge in [-0.15, -0.1) is 0 Å². The van der Waals surface area contributed by atoms with Crippen LogP contribution in [0.15, 0.2) is 12.4 Å². The lowest BCUT2D eigenvalue weighted by Gasteiger charge is -2.45. The molecule has 2 aliphatic heterocycles. The normalized spacial score (nSPS) is 27.2. The first-order valence-corrected chi connectivity index (χ1v) is 7.50. The molecule has 2 aliphatic rings. The van der Waals surface area contributed by atoms with E-state index in [9.17, 15) is 4.79 Å². The fraction of sp³-hybridized carbons (Fsp3) is 0.643. The number of halogens is 1. The second kappa shape index (κ2) is 5.66. The predicted octanol–water partition coefficient (Wildman–Crippen LogP) is 1.69. The lowest BCUT2D eigenvalue weighted by atomic mass is 9.84. The molecule has 6 heteroatoms. The lowest BCUT2D eigenvalue weighted by Crippen LogP contribution is -2.54. The van der Waals surface area contributed by atoms with Gasteiger partial charge in [-0.05, 0) is 38.8 Å². The molecule has 3 heterocycles. The van der Waals surface area contributed by atoms with Crippen LogP contribution in [0.5, 0.6) is 0 Å². The Balaban J connectivity index is 1.71. The highest BCUT2D eigenvalue weighted by Crippen LogP contribution is 2.30. The van der Waals surface area contributed by atoms with Crippen LogP contribution in [0, 0.1) is 5.92 Å². The van der Waals surface area contributed by atoms with Gasteiger partial charge in [0.1, 0.15) is 10.8 Å². The predicted molar refractivity (Wildman–Crippen MR) is 76.7 cm³/mol. The summed E-state index contributed by atoms with van der Waals surface area (Å²) in [4.78, 5) is 24.8. The van der Waals surface area contributed by atoms with Crippen molar-refractivity contribution in [2.24, 2.45) is 5.92 Å². The van der Waals surface area contributed by atoms with Crippen LogP contribution < -0.4 is 0 Å². The first-order chi connectivity index (χ1) is 9.65. The molecule has 2 fully saturated rings. The van der Waals surface area contributed by atoms with Gasteiger partial charge in [0.05, 0.1) is 12.4 Å². The molecule has 2 atom stereocenters. The molecule has 0 aliphatic carbocycles. The molecule has 108 valence electrons. The molecule has 1 aromatic heterocycles. The van der Waals surface area contributed by atoms with E-state index in [0.717, 1.165) is 19.5 Å². The van der Waals surface area contributed by atoms with Crippen molar-refractivity contribution in [3.8, 4) is 0 Å². The number of hydrogen-bond donors (Lipinski definition) is 0. The molecule has 2 unspecified atom stereocenters. The van der Waals surface area contributed by atoms with Gasteiger partial charge in [0.15, 0.2) is 0 Å². The zero-order valence-electron chi connectivity index (χ0n) is 11.6. The van der Waals surface area contributed by atoms with Gasteiger partial charge in [0.2, 0.25) is 0 Å². The number of carbonyl (C=O) groups excluding carboxylic acids is 1. The van der Waals surface area contributed by atoms with E-state index >= 15 is 0 Å². The summed E-state index contributed by atoms with van der Waals surface area (Å²) < 4.78 is 0. The Morgan fingerprint density at radius 1 is 1.35 bits per heavy atom. The Morgan fingerprint density at radius 2 is 2.20 bits per heavy atom. The van der Waals surface area contributed by atoms with E-state index < -0.39 is 0 Å². The summed E-state index contributed by atoms with van der Waals surface area (Å²) in [7, 11) is 2.19. The van der Waals surface area contributed by atoms with Crippen molar-refractivity contribution in [3.05, 3.63) is 23.2 Å². The summed E-state index contributed by atoms with van der Waals surface area (Å²) in [5.74, 6) is 0.533. The molecule has 1 aromatic rings. The van der Waals surface area contributed by atoms with Gasteiger partial charge in [-0.1, -0.05) is 11.6 Å². The lowest BCUT2D eigenvalue weighted by molar-refractivity contribution is 0.0313. The molecule has 0 spiro atoms. The monoisotopic (exact) mass is 294 g/mol. The van der Waals surface area contributed by atoms with Crippen LogP contribution in [0.3, 0.4) is 0 Å². The van der Waals surface area contributed by atoms with Crippen LogP contribution in [-0.4, -0.2) is 58.4 Å². The van der Waals surface area contributed by atoms with Gasteiger partial charge in [-0.2, -0.15) is 0 Å². The van der Waals surface area contributed by atoms with E-state index in [-0.39, 0.29) is 11.1 Å². The van der Waals surface area contributed by atoms with Gasteiger partial charge < -0.3 is 9.80 Å². The number of nitrogens with zero attached hydrogens (tertiary/aromatic N) is 4. The van der Waals surface area contributed by atoms with Crippen molar-refractivity contribution in [3.63, 3.8) is 0 Å². The standard InChI is InChI=1S/C14H19ClN4O/c1-18-5-2-3-10-9-19(6-4-12(10)18)14(20)11-7-16-8-13(15)17-11/h7-8,10,12H,2-6,9H2,1H3. The number of hydrogen-bond acceptors (Lipinski definition) is 4. The summed E-state index contributed by atoms with van der Waals surface area (Å²) in [6.07, 6.45) is 6.41. The largest absolute Gasteiger partial charge is 0.337 e. The number of amides is 1. The van der Waals surface area contributed by atoms with Crippen molar-refractivity contribution in [1.29, 1.82) is 0 Å². The molecule has 0 radical (unpaired) electrons. The maximum Gasteiger partial charge on any atom is 0.274 e. The minimum absolute atomic E-state index is 0.0494. The van der Waals surface area contributed by atoms with E-state index in [1.165, 1.54) is 31.8 Å². The maximum atomic E-state index is 12.5.